The molecule has 3 aliphatic rings. The lowest BCUT2D eigenvalue weighted by molar-refractivity contribution is -0.359. The number of nitrogens with one attached hydrogen (secondary N) is 3. The molecule has 3 amide bonds. The fourth-order valence-electron chi connectivity index (χ4n) is 5.52. The van der Waals surface area contributed by atoms with Crippen molar-refractivity contribution >= 4 is 24.2 Å². The van der Waals surface area contributed by atoms with Gasteiger partial charge in [0.1, 0.15) is 42.7 Å². The lowest BCUT2D eigenvalue weighted by atomic mass is 9.87. The van der Waals surface area contributed by atoms with Crippen LogP contribution in [0.15, 0.2) is 0 Å². The number of aliphatic hydroxyl groups is 7. The van der Waals surface area contributed by atoms with E-state index in [0.717, 1.165) is 13.8 Å². The fraction of sp³-hybridized carbons (Fsp3) is 0.840. The highest BCUT2D eigenvalue weighted by Crippen LogP contribution is 2.36. The molecule has 20 heteroatoms. The minimum Gasteiger partial charge on any atom is -0.477 e. The zero-order valence-electron chi connectivity index (χ0n) is 24.5. The van der Waals surface area contributed by atoms with E-state index >= 15 is 0 Å². The van der Waals surface area contributed by atoms with Gasteiger partial charge in [-0.15, -0.1) is 0 Å². The molecule has 0 bridgehead atoms. The van der Waals surface area contributed by atoms with E-state index < -0.39 is 129 Å². The van der Waals surface area contributed by atoms with E-state index in [2.05, 4.69) is 16.0 Å². The highest BCUT2D eigenvalue weighted by molar-refractivity contribution is 5.76. The summed E-state index contributed by atoms with van der Waals surface area (Å²) in [6.45, 7) is 2.01. The standard InChI is InChI=1S/C25H41N3O17/c1-8-17(35)21(16(22(38)42-8)28-10(3)32)43-23-19(37)18(36)13(6-41-23)44-25(24(39)40)4-11(33)15(27-9(2)31)20(45-25)14(26-7-30)12(34)5-29/h7-8,11-23,29,33-38H,4-6H2,1-3H3,(H,26,30)(H,27,31)(H,28,32)(H,39,40)/t8-,11-,12+,13-,14-,15-,16-,17+,18+,19-,20-,21-,22?,23+,25-/m1/s1. The molecular weight excluding hydrogens is 614 g/mol. The largest absolute Gasteiger partial charge is 0.477 e. The van der Waals surface area contributed by atoms with Gasteiger partial charge in [-0.2, -0.15) is 0 Å². The van der Waals surface area contributed by atoms with Crippen LogP contribution in [-0.4, -0.2) is 170 Å². The van der Waals surface area contributed by atoms with E-state index in [1.165, 1.54) is 6.92 Å². The third kappa shape index (κ3) is 8.22. The number of ether oxygens (including phenoxy) is 5. The van der Waals surface area contributed by atoms with Crippen molar-refractivity contribution in [1.29, 1.82) is 0 Å². The van der Waals surface area contributed by atoms with Crippen molar-refractivity contribution in [3.8, 4) is 0 Å². The smallest absolute Gasteiger partial charge is 0.364 e. The molecule has 15 atom stereocenters. The SMILES string of the molecule is CC(=O)N[C@H]1[C@@H]([C@H](NC=O)[C@@H](O)CO)O[C@@](O[C@@H]2CO[C@@H](O[C@H]3[C@@H](O)[C@@H](C)OC(O)[C@@H]3NC(C)=O)[C@H](O)[C@H]2O)(C(=O)O)C[C@H]1O. The summed E-state index contributed by atoms with van der Waals surface area (Å²) >= 11 is 0. The third-order valence-corrected chi connectivity index (χ3v) is 7.75. The normalized spacial score (nSPS) is 41.7. The Hall–Kier alpha value is -2.60. The van der Waals surface area contributed by atoms with E-state index in [0.29, 0.717) is 0 Å². The monoisotopic (exact) mass is 655 g/mol. The predicted octanol–water partition coefficient (Wildman–Crippen LogP) is -6.66. The van der Waals surface area contributed by atoms with Crippen molar-refractivity contribution in [1.82, 2.24) is 16.0 Å². The van der Waals surface area contributed by atoms with Crippen molar-refractivity contribution in [2.45, 2.75) is 119 Å². The lowest BCUT2D eigenvalue weighted by Gasteiger charge is -2.49. The van der Waals surface area contributed by atoms with Gasteiger partial charge in [0.25, 0.3) is 5.79 Å². The predicted molar refractivity (Wildman–Crippen MR) is 141 cm³/mol. The summed E-state index contributed by atoms with van der Waals surface area (Å²) in [7, 11) is 0. The van der Waals surface area contributed by atoms with Crippen molar-refractivity contribution in [2.75, 3.05) is 13.2 Å². The van der Waals surface area contributed by atoms with Gasteiger partial charge < -0.3 is 80.5 Å². The third-order valence-electron chi connectivity index (χ3n) is 7.75. The number of aliphatic hydroxyl groups excluding tert-OH is 7. The number of amides is 3. The van der Waals surface area contributed by atoms with Gasteiger partial charge in [0.05, 0.1) is 43.6 Å². The molecular formula is C25H41N3O17. The molecule has 258 valence electrons. The molecule has 20 nitrogen and oxygen atoms in total. The second-order valence-corrected chi connectivity index (χ2v) is 11.1. The number of carbonyl (C=O) groups excluding carboxylic acids is 3. The van der Waals surface area contributed by atoms with Crippen LogP contribution in [0.25, 0.3) is 0 Å². The van der Waals surface area contributed by atoms with Crippen LogP contribution >= 0.6 is 0 Å². The van der Waals surface area contributed by atoms with E-state index in [-0.39, 0.29) is 6.41 Å². The van der Waals surface area contributed by atoms with E-state index in [1.54, 1.807) is 0 Å². The summed E-state index contributed by atoms with van der Waals surface area (Å²) in [5.41, 5.74) is 0. The average Bonchev–Trinajstić information content (AvgIpc) is 2.96. The van der Waals surface area contributed by atoms with E-state index in [4.69, 9.17) is 23.7 Å². The summed E-state index contributed by atoms with van der Waals surface area (Å²) < 4.78 is 27.6. The molecule has 0 aliphatic carbocycles. The van der Waals surface area contributed by atoms with Gasteiger partial charge >= 0.3 is 5.97 Å². The molecule has 1 unspecified atom stereocenters. The summed E-state index contributed by atoms with van der Waals surface area (Å²) in [6.07, 6.45) is -18.8. The van der Waals surface area contributed by atoms with Gasteiger partial charge in [0.2, 0.25) is 18.2 Å². The Morgan fingerprint density at radius 3 is 2.20 bits per heavy atom. The van der Waals surface area contributed by atoms with Crippen LogP contribution in [0.5, 0.6) is 0 Å². The molecule has 3 heterocycles. The first-order chi connectivity index (χ1) is 21.1. The Balaban J connectivity index is 1.84. The Labute approximate surface area is 256 Å². The Bertz CT molecular complexity index is 1050. The zero-order chi connectivity index (χ0) is 33.8. The van der Waals surface area contributed by atoms with Crippen molar-refractivity contribution in [2.24, 2.45) is 0 Å². The number of carbonyl (C=O) groups is 4. The number of rotatable bonds is 12. The van der Waals surface area contributed by atoms with Crippen LogP contribution in [0.1, 0.15) is 27.2 Å². The molecule has 0 saturated carbocycles. The molecule has 0 aromatic heterocycles. The van der Waals surface area contributed by atoms with Crippen molar-refractivity contribution < 1.29 is 83.7 Å². The van der Waals surface area contributed by atoms with Crippen LogP contribution in [0.2, 0.25) is 0 Å². The first-order valence-electron chi connectivity index (χ1n) is 14.0. The fourth-order valence-corrected chi connectivity index (χ4v) is 5.52. The summed E-state index contributed by atoms with van der Waals surface area (Å²) in [4.78, 5) is 47.4. The lowest BCUT2D eigenvalue weighted by Crippen LogP contribution is -2.71. The summed E-state index contributed by atoms with van der Waals surface area (Å²) in [5.74, 6) is -5.97. The van der Waals surface area contributed by atoms with E-state index in [1.807, 2.05) is 0 Å². The molecule has 3 aliphatic heterocycles. The van der Waals surface area contributed by atoms with Gasteiger partial charge in [0, 0.05) is 20.3 Å². The van der Waals surface area contributed by atoms with Gasteiger partial charge in [-0.25, -0.2) is 4.79 Å². The minimum absolute atomic E-state index is 0.114. The summed E-state index contributed by atoms with van der Waals surface area (Å²) in [5, 5.41) is 90.5. The number of hydrogen-bond acceptors (Lipinski definition) is 16. The molecule has 0 radical (unpaired) electrons. The molecule has 0 spiro atoms. The van der Waals surface area contributed by atoms with Gasteiger partial charge in [0.15, 0.2) is 12.6 Å². The number of aliphatic carboxylic acids is 1. The quantitative estimate of drug-likeness (QED) is 0.0870. The van der Waals surface area contributed by atoms with Gasteiger partial charge in [-0.3, -0.25) is 14.4 Å². The van der Waals surface area contributed by atoms with Gasteiger partial charge in [-0.1, -0.05) is 0 Å². The molecule has 3 fully saturated rings. The number of carboxylic acids is 1. The van der Waals surface area contributed by atoms with Crippen molar-refractivity contribution in [3.05, 3.63) is 0 Å². The highest BCUT2D eigenvalue weighted by Gasteiger charge is 2.58. The van der Waals surface area contributed by atoms with Crippen LogP contribution < -0.4 is 16.0 Å². The maximum Gasteiger partial charge on any atom is 0.364 e. The maximum absolute atomic E-state index is 12.6. The molecule has 0 aromatic carbocycles. The maximum atomic E-state index is 12.6. The van der Waals surface area contributed by atoms with Crippen LogP contribution in [0.4, 0.5) is 0 Å². The zero-order valence-corrected chi connectivity index (χ0v) is 24.5. The molecule has 11 N–H and O–H groups in total. The number of hydrogen-bond donors (Lipinski definition) is 11. The number of carboxylic acid groups (broad SMARTS) is 1. The van der Waals surface area contributed by atoms with Gasteiger partial charge in [-0.05, 0) is 6.92 Å². The average molecular weight is 656 g/mol. The summed E-state index contributed by atoms with van der Waals surface area (Å²) in [6, 6.07) is -4.33. The Morgan fingerprint density at radius 2 is 1.64 bits per heavy atom. The van der Waals surface area contributed by atoms with Crippen LogP contribution in [-0.2, 0) is 42.9 Å². The topological polar surface area (TPSA) is 312 Å². The van der Waals surface area contributed by atoms with Crippen molar-refractivity contribution in [3.63, 3.8) is 0 Å². The Kier molecular flexibility index (Phi) is 12.6. The molecule has 3 rings (SSSR count). The second-order valence-electron chi connectivity index (χ2n) is 11.1. The molecule has 3 saturated heterocycles. The molecule has 45 heavy (non-hydrogen) atoms. The first kappa shape index (κ1) is 36.9. The van der Waals surface area contributed by atoms with Crippen LogP contribution in [0, 0.1) is 0 Å². The molecule has 0 aromatic rings. The minimum atomic E-state index is -2.83. The Morgan fingerprint density at radius 1 is 1.02 bits per heavy atom. The first-order valence-corrected chi connectivity index (χ1v) is 14.0. The highest BCUT2D eigenvalue weighted by atomic mass is 16.8. The van der Waals surface area contributed by atoms with Crippen LogP contribution in [0.3, 0.4) is 0 Å². The second kappa shape index (κ2) is 15.3. The van der Waals surface area contributed by atoms with E-state index in [9.17, 15) is 60.0 Å².